The lowest BCUT2D eigenvalue weighted by Gasteiger charge is -2.13. The van der Waals surface area contributed by atoms with E-state index in [0.29, 0.717) is 6.42 Å². The van der Waals surface area contributed by atoms with E-state index in [9.17, 15) is 13.2 Å². The zero-order valence-corrected chi connectivity index (χ0v) is 16.9. The predicted octanol–water partition coefficient (Wildman–Crippen LogP) is 3.54. The summed E-state index contributed by atoms with van der Waals surface area (Å²) >= 11 is 0. The molecule has 1 unspecified atom stereocenters. The minimum Gasteiger partial charge on any atom is -0.462 e. The number of ether oxygens (including phenoxy) is 1. The van der Waals surface area contributed by atoms with Gasteiger partial charge in [0.2, 0.25) is 9.84 Å². The lowest BCUT2D eigenvalue weighted by Crippen LogP contribution is -2.17. The largest absolute Gasteiger partial charge is 0.462 e. The topological polar surface area (TPSA) is 86.5 Å². The van der Waals surface area contributed by atoms with Crippen LogP contribution in [0.25, 0.3) is 0 Å². The molecule has 0 aromatic heterocycles. The molecule has 0 amide bonds. The van der Waals surface area contributed by atoms with E-state index in [1.807, 2.05) is 13.8 Å². The van der Waals surface area contributed by atoms with Crippen LogP contribution in [0.4, 0.5) is 0 Å². The number of hydrogen-bond donors (Lipinski definition) is 1. The molecule has 2 aromatic rings. The summed E-state index contributed by atoms with van der Waals surface area (Å²) < 4.78 is 31.3. The van der Waals surface area contributed by atoms with Gasteiger partial charge in [0.25, 0.3) is 0 Å². The number of rotatable bonds is 8. The molecule has 0 aliphatic rings. The summed E-state index contributed by atoms with van der Waals surface area (Å²) in [6.07, 6.45) is 2.33. The van der Waals surface area contributed by atoms with Crippen molar-refractivity contribution in [1.29, 1.82) is 0 Å². The van der Waals surface area contributed by atoms with Crippen LogP contribution in [0.2, 0.25) is 0 Å². The van der Waals surface area contributed by atoms with Crippen LogP contribution in [0.1, 0.15) is 48.7 Å². The molecule has 0 spiro atoms. The minimum absolute atomic E-state index is 0.00557. The Morgan fingerprint density at radius 1 is 1.07 bits per heavy atom. The van der Waals surface area contributed by atoms with E-state index >= 15 is 0 Å². The number of carbonyl (C=O) groups excluding carboxylic acids is 1. The molecule has 0 heterocycles. The van der Waals surface area contributed by atoms with E-state index in [1.165, 1.54) is 6.07 Å². The lowest BCUT2D eigenvalue weighted by atomic mass is 10.1. The molecule has 0 saturated carbocycles. The molecule has 0 aliphatic carbocycles. The fourth-order valence-electron chi connectivity index (χ4n) is 2.93. The molecule has 0 saturated heterocycles. The monoisotopic (exact) mass is 389 g/mol. The van der Waals surface area contributed by atoms with Crippen molar-refractivity contribution in [1.82, 2.24) is 0 Å². The van der Waals surface area contributed by atoms with Crippen LogP contribution >= 0.6 is 0 Å². The molecular formula is C21H27NO4S. The number of sulfone groups is 1. The van der Waals surface area contributed by atoms with Crippen LogP contribution in [-0.4, -0.2) is 27.0 Å². The Hall–Kier alpha value is -2.18. The average Bonchev–Trinajstić information content (AvgIpc) is 2.62. The molecule has 6 heteroatoms. The van der Waals surface area contributed by atoms with Gasteiger partial charge in [-0.25, -0.2) is 13.2 Å². The van der Waals surface area contributed by atoms with E-state index in [-0.39, 0.29) is 28.0 Å². The molecule has 0 radical (unpaired) electrons. The van der Waals surface area contributed by atoms with Gasteiger partial charge in [0, 0.05) is 6.04 Å². The van der Waals surface area contributed by atoms with Crippen LogP contribution < -0.4 is 5.73 Å². The molecule has 2 N–H and O–H groups in total. The summed E-state index contributed by atoms with van der Waals surface area (Å²) in [4.78, 5) is 12.5. The highest BCUT2D eigenvalue weighted by Crippen LogP contribution is 2.27. The highest BCUT2D eigenvalue weighted by molar-refractivity contribution is 7.91. The van der Waals surface area contributed by atoms with Crippen molar-refractivity contribution < 1.29 is 17.9 Å². The quantitative estimate of drug-likeness (QED) is 0.698. The van der Waals surface area contributed by atoms with Crippen molar-refractivity contribution in [2.24, 2.45) is 5.73 Å². The summed E-state index contributed by atoms with van der Waals surface area (Å²) in [5.74, 6) is -0.623. The molecule has 1 atom stereocenters. The Labute approximate surface area is 161 Å². The highest BCUT2D eigenvalue weighted by atomic mass is 32.2. The Balaban J connectivity index is 2.49. The third-order valence-corrected chi connectivity index (χ3v) is 5.99. The standard InChI is InChI=1S/C21H27NO4S/c1-4-6-16-9-12-20(19(14-16)21(23)26-5-2)27(24,25)18-10-7-17(8-11-18)13-15(3)22/h7-12,14-15H,4-6,13,22H2,1-3H3. The fraction of sp³-hybridized carbons (Fsp3) is 0.381. The van der Waals surface area contributed by atoms with E-state index in [0.717, 1.165) is 24.0 Å². The Morgan fingerprint density at radius 3 is 2.26 bits per heavy atom. The normalized spacial score (nSPS) is 12.6. The summed E-state index contributed by atoms with van der Waals surface area (Å²) in [6, 6.07) is 11.5. The summed E-state index contributed by atoms with van der Waals surface area (Å²) in [7, 11) is -3.84. The van der Waals surface area contributed by atoms with E-state index in [4.69, 9.17) is 10.5 Å². The van der Waals surface area contributed by atoms with Crippen molar-refractivity contribution in [2.45, 2.75) is 55.9 Å². The number of aryl methyl sites for hydroxylation is 1. The average molecular weight is 390 g/mol. The first-order chi connectivity index (χ1) is 12.8. The van der Waals surface area contributed by atoms with E-state index in [2.05, 4.69) is 0 Å². The first kappa shape index (κ1) is 21.1. The minimum atomic E-state index is -3.84. The van der Waals surface area contributed by atoms with Crippen molar-refractivity contribution in [3.05, 3.63) is 59.2 Å². The number of esters is 1. The first-order valence-corrected chi connectivity index (χ1v) is 10.7. The van der Waals surface area contributed by atoms with Crippen molar-refractivity contribution >= 4 is 15.8 Å². The van der Waals surface area contributed by atoms with Gasteiger partial charge in [-0.1, -0.05) is 31.5 Å². The predicted molar refractivity (Wildman–Crippen MR) is 106 cm³/mol. The summed E-state index contributed by atoms with van der Waals surface area (Å²) in [6.45, 7) is 5.80. The van der Waals surface area contributed by atoms with Gasteiger partial charge in [-0.05, 0) is 62.1 Å². The van der Waals surface area contributed by atoms with Crippen LogP contribution in [0.5, 0.6) is 0 Å². The van der Waals surface area contributed by atoms with Crippen LogP contribution in [0.15, 0.2) is 52.3 Å². The SMILES string of the molecule is CCCc1ccc(S(=O)(=O)c2ccc(CC(C)N)cc2)c(C(=O)OCC)c1. The molecule has 5 nitrogen and oxygen atoms in total. The summed E-state index contributed by atoms with van der Waals surface area (Å²) in [5, 5.41) is 0. The van der Waals surface area contributed by atoms with Crippen LogP contribution in [0.3, 0.4) is 0 Å². The zero-order chi connectivity index (χ0) is 20.0. The maximum Gasteiger partial charge on any atom is 0.339 e. The maximum atomic E-state index is 13.1. The van der Waals surface area contributed by atoms with Gasteiger partial charge in [0.15, 0.2) is 0 Å². The maximum absolute atomic E-state index is 13.1. The second-order valence-corrected chi connectivity index (χ2v) is 8.55. The molecule has 27 heavy (non-hydrogen) atoms. The van der Waals surface area contributed by atoms with E-state index in [1.54, 1.807) is 43.3 Å². The van der Waals surface area contributed by atoms with Crippen LogP contribution in [0, 0.1) is 0 Å². The molecule has 0 fully saturated rings. The van der Waals surface area contributed by atoms with Crippen molar-refractivity contribution in [3.8, 4) is 0 Å². The Bertz CT molecular complexity index is 887. The second kappa shape index (κ2) is 9.15. The number of hydrogen-bond acceptors (Lipinski definition) is 5. The van der Waals surface area contributed by atoms with Gasteiger partial charge in [-0.15, -0.1) is 0 Å². The van der Waals surface area contributed by atoms with Crippen LogP contribution in [-0.2, 0) is 27.4 Å². The van der Waals surface area contributed by atoms with Crippen molar-refractivity contribution in [3.63, 3.8) is 0 Å². The smallest absolute Gasteiger partial charge is 0.339 e. The van der Waals surface area contributed by atoms with Gasteiger partial charge in [0.05, 0.1) is 22.0 Å². The molecule has 0 aliphatic heterocycles. The van der Waals surface area contributed by atoms with Gasteiger partial charge in [-0.2, -0.15) is 0 Å². The molecular weight excluding hydrogens is 362 g/mol. The molecule has 2 aromatic carbocycles. The van der Waals surface area contributed by atoms with Crippen molar-refractivity contribution in [2.75, 3.05) is 6.61 Å². The molecule has 2 rings (SSSR count). The molecule has 0 bridgehead atoms. The zero-order valence-electron chi connectivity index (χ0n) is 16.1. The fourth-order valence-corrected chi connectivity index (χ4v) is 4.35. The highest BCUT2D eigenvalue weighted by Gasteiger charge is 2.25. The lowest BCUT2D eigenvalue weighted by molar-refractivity contribution is 0.0521. The molecule has 146 valence electrons. The number of nitrogens with two attached hydrogens (primary N) is 1. The van der Waals surface area contributed by atoms with Gasteiger partial charge < -0.3 is 10.5 Å². The summed E-state index contributed by atoms with van der Waals surface area (Å²) in [5.41, 5.74) is 7.75. The number of benzene rings is 2. The third-order valence-electron chi connectivity index (χ3n) is 4.16. The second-order valence-electron chi connectivity index (χ2n) is 6.63. The van der Waals surface area contributed by atoms with Gasteiger partial charge in [-0.3, -0.25) is 0 Å². The Morgan fingerprint density at radius 2 is 1.70 bits per heavy atom. The first-order valence-electron chi connectivity index (χ1n) is 9.19. The van der Waals surface area contributed by atoms with Gasteiger partial charge >= 0.3 is 5.97 Å². The Kier molecular flexibility index (Phi) is 7.16. The third kappa shape index (κ3) is 5.17. The van der Waals surface area contributed by atoms with E-state index < -0.39 is 15.8 Å². The van der Waals surface area contributed by atoms with Gasteiger partial charge in [0.1, 0.15) is 0 Å². The number of carbonyl (C=O) groups is 1.